The summed E-state index contributed by atoms with van der Waals surface area (Å²) in [4.78, 5) is 7.03. The molecule has 2 unspecified atom stereocenters. The highest BCUT2D eigenvalue weighted by Gasteiger charge is 2.27. The number of rotatable bonds is 2. The lowest BCUT2D eigenvalue weighted by atomic mass is 9.96. The zero-order chi connectivity index (χ0) is 13.4. The summed E-state index contributed by atoms with van der Waals surface area (Å²) in [7, 11) is 1.80. The van der Waals surface area contributed by atoms with Gasteiger partial charge in [-0.15, -0.1) is 0 Å². The van der Waals surface area contributed by atoms with Crippen LogP contribution in [0, 0.1) is 5.92 Å². The van der Waals surface area contributed by atoms with E-state index in [4.69, 9.17) is 15.5 Å². The highest BCUT2D eigenvalue weighted by molar-refractivity contribution is 7.22. The number of methoxy groups -OCH3 is 1. The number of ether oxygens (including phenoxy) is 1. The van der Waals surface area contributed by atoms with E-state index < -0.39 is 0 Å². The van der Waals surface area contributed by atoms with Crippen molar-refractivity contribution in [2.24, 2.45) is 5.92 Å². The Kier molecular flexibility index (Phi) is 3.33. The maximum atomic E-state index is 5.82. The summed E-state index contributed by atoms with van der Waals surface area (Å²) in [5.74, 6) is 0.617. The quantitative estimate of drug-likeness (QED) is 0.858. The van der Waals surface area contributed by atoms with Gasteiger partial charge in [0.2, 0.25) is 0 Å². The molecule has 0 radical (unpaired) electrons. The van der Waals surface area contributed by atoms with Crippen molar-refractivity contribution >= 4 is 32.4 Å². The number of hydrogen-bond acceptors (Lipinski definition) is 5. The van der Waals surface area contributed by atoms with Crippen molar-refractivity contribution in [2.75, 3.05) is 30.8 Å². The van der Waals surface area contributed by atoms with Crippen LogP contribution in [0.5, 0.6) is 0 Å². The molecule has 1 saturated heterocycles. The van der Waals surface area contributed by atoms with Gasteiger partial charge in [0.05, 0.1) is 16.3 Å². The number of fused-ring (bicyclic) bond motifs is 1. The average molecular weight is 277 g/mol. The normalized spacial score (nSPS) is 24.0. The number of benzene rings is 1. The van der Waals surface area contributed by atoms with Gasteiger partial charge in [-0.2, -0.15) is 0 Å². The van der Waals surface area contributed by atoms with Gasteiger partial charge in [-0.05, 0) is 30.5 Å². The van der Waals surface area contributed by atoms with Gasteiger partial charge < -0.3 is 15.4 Å². The van der Waals surface area contributed by atoms with Crippen molar-refractivity contribution in [3.8, 4) is 0 Å². The molecule has 3 rings (SSSR count). The first-order valence-corrected chi connectivity index (χ1v) is 7.43. The molecule has 2 aromatic rings. The van der Waals surface area contributed by atoms with Gasteiger partial charge in [0.15, 0.2) is 5.13 Å². The Morgan fingerprint density at radius 3 is 3.11 bits per heavy atom. The van der Waals surface area contributed by atoms with Crippen LogP contribution in [-0.2, 0) is 4.74 Å². The standard InChI is InChI=1S/C14H19N3OS/c1-9-5-6-17(8-12(9)18-2)14-16-11-4-3-10(15)7-13(11)19-14/h3-4,7,9,12H,5-6,8,15H2,1-2H3. The summed E-state index contributed by atoms with van der Waals surface area (Å²) in [6.45, 7) is 4.23. The minimum Gasteiger partial charge on any atom is -0.399 e. The maximum Gasteiger partial charge on any atom is 0.186 e. The molecule has 2 atom stereocenters. The molecule has 4 nitrogen and oxygen atoms in total. The monoisotopic (exact) mass is 277 g/mol. The van der Waals surface area contributed by atoms with Gasteiger partial charge in [0.1, 0.15) is 0 Å². The number of nitrogen functional groups attached to an aromatic ring is 1. The molecule has 5 heteroatoms. The zero-order valence-electron chi connectivity index (χ0n) is 11.3. The van der Waals surface area contributed by atoms with E-state index in [1.807, 2.05) is 18.2 Å². The van der Waals surface area contributed by atoms with Crippen LogP contribution in [0.1, 0.15) is 13.3 Å². The van der Waals surface area contributed by atoms with Crippen LogP contribution in [0.2, 0.25) is 0 Å². The van der Waals surface area contributed by atoms with Crippen molar-refractivity contribution in [1.82, 2.24) is 4.98 Å². The van der Waals surface area contributed by atoms with Gasteiger partial charge in [0.25, 0.3) is 0 Å². The minimum atomic E-state index is 0.297. The summed E-state index contributed by atoms with van der Waals surface area (Å²) in [5, 5.41) is 1.08. The van der Waals surface area contributed by atoms with Crippen LogP contribution in [0.15, 0.2) is 18.2 Å². The van der Waals surface area contributed by atoms with E-state index in [0.717, 1.165) is 40.5 Å². The number of nitrogens with zero attached hydrogens (tertiary/aromatic N) is 2. The molecule has 102 valence electrons. The molecular weight excluding hydrogens is 258 g/mol. The molecule has 2 N–H and O–H groups in total. The van der Waals surface area contributed by atoms with Crippen LogP contribution in [0.4, 0.5) is 10.8 Å². The van der Waals surface area contributed by atoms with E-state index >= 15 is 0 Å². The molecule has 0 bridgehead atoms. The largest absolute Gasteiger partial charge is 0.399 e. The third kappa shape index (κ3) is 2.40. The summed E-state index contributed by atoms with van der Waals surface area (Å²) in [6.07, 6.45) is 1.45. The number of hydrogen-bond donors (Lipinski definition) is 1. The first-order chi connectivity index (χ1) is 9.17. The van der Waals surface area contributed by atoms with Crippen molar-refractivity contribution in [3.05, 3.63) is 18.2 Å². The van der Waals surface area contributed by atoms with Crippen LogP contribution in [-0.4, -0.2) is 31.3 Å². The molecule has 1 aromatic carbocycles. The fourth-order valence-electron chi connectivity index (χ4n) is 2.58. The number of aromatic nitrogens is 1. The zero-order valence-corrected chi connectivity index (χ0v) is 12.1. The summed E-state index contributed by atoms with van der Waals surface area (Å²) in [6, 6.07) is 5.89. The van der Waals surface area contributed by atoms with Gasteiger partial charge in [-0.25, -0.2) is 4.98 Å². The van der Waals surface area contributed by atoms with E-state index in [-0.39, 0.29) is 0 Å². The van der Waals surface area contributed by atoms with Gasteiger partial charge >= 0.3 is 0 Å². The number of anilines is 2. The summed E-state index contributed by atoms with van der Waals surface area (Å²) >= 11 is 1.71. The van der Waals surface area contributed by atoms with E-state index in [2.05, 4.69) is 11.8 Å². The van der Waals surface area contributed by atoms with Crippen LogP contribution in [0.25, 0.3) is 10.2 Å². The lowest BCUT2D eigenvalue weighted by molar-refractivity contribution is 0.0498. The second kappa shape index (κ2) is 4.98. The molecule has 0 amide bonds. The fourth-order valence-corrected chi connectivity index (χ4v) is 3.63. The highest BCUT2D eigenvalue weighted by atomic mass is 32.1. The van der Waals surface area contributed by atoms with Crippen LogP contribution in [0.3, 0.4) is 0 Å². The first-order valence-electron chi connectivity index (χ1n) is 6.61. The lowest BCUT2D eigenvalue weighted by Crippen LogP contribution is -2.43. The highest BCUT2D eigenvalue weighted by Crippen LogP contribution is 2.32. The van der Waals surface area contributed by atoms with Crippen LogP contribution < -0.4 is 10.6 Å². The molecule has 0 spiro atoms. The maximum absolute atomic E-state index is 5.82. The molecule has 19 heavy (non-hydrogen) atoms. The Labute approximate surface area is 117 Å². The minimum absolute atomic E-state index is 0.297. The van der Waals surface area contributed by atoms with Crippen molar-refractivity contribution in [1.29, 1.82) is 0 Å². The van der Waals surface area contributed by atoms with Gasteiger partial charge in [-0.1, -0.05) is 18.3 Å². The predicted molar refractivity (Wildman–Crippen MR) is 80.8 cm³/mol. The van der Waals surface area contributed by atoms with E-state index in [0.29, 0.717) is 12.0 Å². The van der Waals surface area contributed by atoms with E-state index in [1.54, 1.807) is 18.4 Å². The predicted octanol–water partition coefficient (Wildman–Crippen LogP) is 2.74. The Morgan fingerprint density at radius 1 is 1.47 bits per heavy atom. The topological polar surface area (TPSA) is 51.4 Å². The smallest absolute Gasteiger partial charge is 0.186 e. The Hall–Kier alpha value is -1.33. The Bertz CT molecular complexity index is 583. The molecule has 0 saturated carbocycles. The van der Waals surface area contributed by atoms with Crippen molar-refractivity contribution < 1.29 is 4.74 Å². The second-order valence-corrected chi connectivity index (χ2v) is 6.22. The summed E-state index contributed by atoms with van der Waals surface area (Å²) in [5.41, 5.74) is 7.64. The second-order valence-electron chi connectivity index (χ2n) is 5.21. The van der Waals surface area contributed by atoms with Crippen LogP contribution >= 0.6 is 11.3 Å². The lowest BCUT2D eigenvalue weighted by Gasteiger charge is -2.35. The Morgan fingerprint density at radius 2 is 2.32 bits per heavy atom. The third-order valence-electron chi connectivity index (χ3n) is 3.86. The SMILES string of the molecule is COC1CN(c2nc3ccc(N)cc3s2)CCC1C. The number of thiazole rings is 1. The van der Waals surface area contributed by atoms with Gasteiger partial charge in [-0.3, -0.25) is 0 Å². The molecule has 1 aliphatic rings. The molecule has 1 aromatic heterocycles. The average Bonchev–Trinajstić information content (AvgIpc) is 2.82. The molecule has 2 heterocycles. The van der Waals surface area contributed by atoms with E-state index in [9.17, 15) is 0 Å². The van der Waals surface area contributed by atoms with Crippen molar-refractivity contribution in [3.63, 3.8) is 0 Å². The molecule has 1 fully saturated rings. The fraction of sp³-hybridized carbons (Fsp3) is 0.500. The first kappa shape index (κ1) is 12.7. The molecule has 1 aliphatic heterocycles. The summed E-state index contributed by atoms with van der Waals surface area (Å²) < 4.78 is 6.72. The van der Waals surface area contributed by atoms with Gasteiger partial charge in [0, 0.05) is 25.9 Å². The third-order valence-corrected chi connectivity index (χ3v) is 4.94. The van der Waals surface area contributed by atoms with Crippen molar-refractivity contribution in [2.45, 2.75) is 19.4 Å². The van der Waals surface area contributed by atoms with E-state index in [1.165, 1.54) is 0 Å². The number of piperidine rings is 1. The Balaban J connectivity index is 1.87. The number of nitrogens with two attached hydrogens (primary N) is 1. The molecule has 0 aliphatic carbocycles. The molecular formula is C14H19N3OS.